The third kappa shape index (κ3) is 3.42. The zero-order valence-electron chi connectivity index (χ0n) is 21.4. The van der Waals surface area contributed by atoms with E-state index in [9.17, 15) is 0 Å². The first-order valence-corrected chi connectivity index (χ1v) is 13.6. The highest BCUT2D eigenvalue weighted by Gasteiger charge is 2.62. The molecule has 4 atom stereocenters. The SMILES string of the molecule is CN1CC=C/C(=C2/Nc3ccc(-c4ccccc4)nc3N2c2ccc(CN3CC4CC5C(N4)C53)cc2)C1=N. The van der Waals surface area contributed by atoms with Crippen molar-refractivity contribution in [3.05, 3.63) is 95.8 Å². The molecular formula is C31H31N7. The molecule has 5 aliphatic heterocycles. The summed E-state index contributed by atoms with van der Waals surface area (Å²) in [6, 6.07) is 25.5. The van der Waals surface area contributed by atoms with Crippen molar-refractivity contribution in [1.29, 1.82) is 5.41 Å². The van der Waals surface area contributed by atoms with Crippen LogP contribution in [0.4, 0.5) is 17.2 Å². The van der Waals surface area contributed by atoms with Crippen LogP contribution in [0.3, 0.4) is 0 Å². The van der Waals surface area contributed by atoms with E-state index in [1.807, 2.05) is 30.1 Å². The molecule has 1 aliphatic carbocycles. The van der Waals surface area contributed by atoms with Crippen molar-refractivity contribution < 1.29 is 0 Å². The van der Waals surface area contributed by atoms with Gasteiger partial charge in [0.1, 0.15) is 11.7 Å². The number of nitrogens with one attached hydrogen (secondary N) is 3. The van der Waals surface area contributed by atoms with Crippen molar-refractivity contribution in [3.63, 3.8) is 0 Å². The van der Waals surface area contributed by atoms with Crippen molar-refractivity contribution >= 4 is 23.0 Å². The number of hydrogen-bond donors (Lipinski definition) is 3. The Morgan fingerprint density at radius 1 is 1.03 bits per heavy atom. The second kappa shape index (κ2) is 8.28. The number of benzene rings is 2. The quantitative estimate of drug-likeness (QED) is 0.488. The fraction of sp³-hybridized carbons (Fsp3) is 0.290. The van der Waals surface area contributed by atoms with Crippen LogP contribution in [0.2, 0.25) is 0 Å². The number of likely N-dealkylation sites (N-methyl/N-ethyl adjacent to an activating group) is 1. The van der Waals surface area contributed by atoms with Crippen LogP contribution in [0.5, 0.6) is 0 Å². The minimum absolute atomic E-state index is 0.504. The number of aromatic nitrogens is 1. The summed E-state index contributed by atoms with van der Waals surface area (Å²) in [6.45, 7) is 2.91. The first kappa shape index (κ1) is 22.1. The van der Waals surface area contributed by atoms with E-state index in [-0.39, 0.29) is 0 Å². The van der Waals surface area contributed by atoms with E-state index < -0.39 is 0 Å². The molecule has 0 amide bonds. The van der Waals surface area contributed by atoms with Crippen LogP contribution in [-0.4, -0.2) is 58.9 Å². The van der Waals surface area contributed by atoms with Crippen molar-refractivity contribution in [3.8, 4) is 11.3 Å². The van der Waals surface area contributed by atoms with Gasteiger partial charge in [-0.1, -0.05) is 48.5 Å². The number of fused-ring (bicyclic) bond motifs is 2. The molecule has 7 nitrogen and oxygen atoms in total. The Bertz CT molecular complexity index is 1480. The predicted molar refractivity (Wildman–Crippen MR) is 151 cm³/mol. The summed E-state index contributed by atoms with van der Waals surface area (Å²) in [5.74, 6) is 3.11. The molecule has 3 saturated heterocycles. The molecule has 2 aromatic carbocycles. The number of anilines is 3. The Kier molecular flexibility index (Phi) is 4.81. The zero-order valence-corrected chi connectivity index (χ0v) is 21.4. The molecule has 9 rings (SSSR count). The van der Waals surface area contributed by atoms with Gasteiger partial charge in [0.05, 0.1) is 17.0 Å². The van der Waals surface area contributed by atoms with Crippen LogP contribution < -0.4 is 15.5 Å². The molecule has 4 fully saturated rings. The number of nitrogens with zero attached hydrogens (tertiary/aromatic N) is 4. The van der Waals surface area contributed by atoms with E-state index in [4.69, 9.17) is 10.4 Å². The predicted octanol–water partition coefficient (Wildman–Crippen LogP) is 4.55. The molecule has 0 spiro atoms. The molecule has 1 saturated carbocycles. The molecule has 3 N–H and O–H groups in total. The van der Waals surface area contributed by atoms with E-state index in [2.05, 4.69) is 81.1 Å². The van der Waals surface area contributed by atoms with E-state index in [1.54, 1.807) is 0 Å². The number of piperidine rings is 2. The maximum atomic E-state index is 8.79. The lowest BCUT2D eigenvalue weighted by Crippen LogP contribution is -2.50. The Morgan fingerprint density at radius 2 is 1.87 bits per heavy atom. The lowest BCUT2D eigenvalue weighted by atomic mass is 10.1. The second-order valence-electron chi connectivity index (χ2n) is 11.2. The van der Waals surface area contributed by atoms with Gasteiger partial charge in [-0.3, -0.25) is 15.2 Å². The van der Waals surface area contributed by atoms with Crippen LogP contribution in [0.25, 0.3) is 11.3 Å². The van der Waals surface area contributed by atoms with Crippen LogP contribution in [-0.2, 0) is 6.54 Å². The van der Waals surface area contributed by atoms with Gasteiger partial charge in [0.2, 0.25) is 0 Å². The van der Waals surface area contributed by atoms with Gasteiger partial charge < -0.3 is 15.5 Å². The van der Waals surface area contributed by atoms with Crippen LogP contribution >= 0.6 is 0 Å². The molecule has 190 valence electrons. The third-order valence-corrected chi connectivity index (χ3v) is 8.76. The van der Waals surface area contributed by atoms with Gasteiger partial charge in [0.25, 0.3) is 0 Å². The first-order valence-electron chi connectivity index (χ1n) is 13.6. The standard InChI is InChI=1S/C31H31N7/c1-36-15-5-8-23(29(36)32)30-35-26-14-13-25(20-6-3-2-4-7-20)34-31(26)38(30)22-11-9-19(10-12-22)17-37-18-21-16-24-27(33-21)28(24)37/h2-14,21,24,27-28,32-33,35H,15-18H2,1H3/b30-23+,32-29?. The minimum Gasteiger partial charge on any atom is -0.356 e. The second-order valence-corrected chi connectivity index (χ2v) is 11.2. The highest BCUT2D eigenvalue weighted by molar-refractivity contribution is 6.03. The summed E-state index contributed by atoms with van der Waals surface area (Å²) in [4.78, 5) is 11.9. The number of piperazine rings is 1. The Morgan fingerprint density at radius 3 is 2.63 bits per heavy atom. The molecule has 4 bridgehead atoms. The Hall–Kier alpha value is -3.94. The van der Waals surface area contributed by atoms with E-state index in [0.717, 1.165) is 77.5 Å². The van der Waals surface area contributed by atoms with Gasteiger partial charge in [-0.05, 0) is 48.2 Å². The Labute approximate surface area is 223 Å². The average molecular weight is 502 g/mol. The van der Waals surface area contributed by atoms with Gasteiger partial charge in [-0.15, -0.1) is 0 Å². The summed E-state index contributed by atoms with van der Waals surface area (Å²) in [6.07, 6.45) is 5.52. The maximum Gasteiger partial charge on any atom is 0.163 e. The third-order valence-electron chi connectivity index (χ3n) is 8.76. The molecule has 4 unspecified atom stereocenters. The van der Waals surface area contributed by atoms with Gasteiger partial charge in [-0.25, -0.2) is 4.98 Å². The van der Waals surface area contributed by atoms with Crippen LogP contribution in [0.15, 0.2) is 90.3 Å². The zero-order chi connectivity index (χ0) is 25.4. The fourth-order valence-electron chi connectivity index (χ4n) is 6.83. The first-order chi connectivity index (χ1) is 18.6. The summed E-state index contributed by atoms with van der Waals surface area (Å²) >= 11 is 0. The molecule has 0 radical (unpaired) electrons. The lowest BCUT2D eigenvalue weighted by molar-refractivity contribution is 0.153. The molecule has 1 aromatic heterocycles. The van der Waals surface area contributed by atoms with Crippen LogP contribution in [0, 0.1) is 11.3 Å². The fourth-order valence-corrected chi connectivity index (χ4v) is 6.83. The summed E-state index contributed by atoms with van der Waals surface area (Å²) < 4.78 is 0. The summed E-state index contributed by atoms with van der Waals surface area (Å²) in [5, 5.41) is 16.1. The largest absolute Gasteiger partial charge is 0.356 e. The topological polar surface area (TPSA) is 70.5 Å². The summed E-state index contributed by atoms with van der Waals surface area (Å²) in [5.41, 5.74) is 6.22. The molecule has 6 heterocycles. The highest BCUT2D eigenvalue weighted by Crippen LogP contribution is 2.50. The minimum atomic E-state index is 0.504. The molecule has 7 heteroatoms. The van der Waals surface area contributed by atoms with Gasteiger partial charge in [-0.2, -0.15) is 0 Å². The van der Waals surface area contributed by atoms with E-state index in [0.29, 0.717) is 11.9 Å². The number of amidine groups is 1. The number of hydrogen-bond acceptors (Lipinski definition) is 6. The molecule has 38 heavy (non-hydrogen) atoms. The van der Waals surface area contributed by atoms with Gasteiger partial charge in [0.15, 0.2) is 5.82 Å². The molecular weight excluding hydrogens is 470 g/mol. The number of rotatable bonds is 4. The van der Waals surface area contributed by atoms with Gasteiger partial charge >= 0.3 is 0 Å². The normalized spacial score (nSPS) is 29.0. The highest BCUT2D eigenvalue weighted by atomic mass is 15.4. The van der Waals surface area contributed by atoms with E-state index in [1.165, 1.54) is 12.0 Å². The molecule has 6 aliphatic rings. The van der Waals surface area contributed by atoms with Crippen molar-refractivity contribution in [1.82, 2.24) is 20.1 Å². The van der Waals surface area contributed by atoms with Crippen molar-refractivity contribution in [2.75, 3.05) is 30.4 Å². The Balaban J connectivity index is 1.16. The lowest BCUT2D eigenvalue weighted by Gasteiger charge is -2.35. The number of pyridine rings is 1. The van der Waals surface area contributed by atoms with Gasteiger partial charge in [0, 0.05) is 56.1 Å². The molecule has 3 aromatic rings. The van der Waals surface area contributed by atoms with E-state index >= 15 is 0 Å². The van der Waals surface area contributed by atoms with Crippen molar-refractivity contribution in [2.24, 2.45) is 5.92 Å². The smallest absolute Gasteiger partial charge is 0.163 e. The average Bonchev–Trinajstić information content (AvgIpc) is 3.32. The summed E-state index contributed by atoms with van der Waals surface area (Å²) in [7, 11) is 1.96. The van der Waals surface area contributed by atoms with Crippen LogP contribution in [0.1, 0.15) is 12.0 Å². The maximum absolute atomic E-state index is 8.79. The monoisotopic (exact) mass is 501 g/mol. The van der Waals surface area contributed by atoms with Crippen molar-refractivity contribution in [2.45, 2.75) is 31.1 Å².